The summed E-state index contributed by atoms with van der Waals surface area (Å²) in [6, 6.07) is 0. The second kappa shape index (κ2) is 4.24. The van der Waals surface area contributed by atoms with E-state index in [-0.39, 0.29) is 11.8 Å². The van der Waals surface area contributed by atoms with E-state index in [1.165, 1.54) is 6.42 Å². The average Bonchev–Trinajstić information content (AvgIpc) is 2.60. The molecule has 0 heterocycles. The number of hydrogen-bond acceptors (Lipinski definition) is 0. The fourth-order valence-corrected chi connectivity index (χ4v) is 7.06. The Balaban J connectivity index is 2.21. The first-order valence-electron chi connectivity index (χ1n) is 6.11. The highest BCUT2D eigenvalue weighted by atomic mass is 35.5. The molecule has 2 fully saturated rings. The number of allylic oxidation sites excluding steroid dienone is 2. The van der Waals surface area contributed by atoms with E-state index in [0.717, 1.165) is 25.7 Å². The molecule has 3 rings (SSSR count). The Morgan fingerprint density at radius 3 is 1.50 bits per heavy atom. The van der Waals surface area contributed by atoms with Crippen LogP contribution in [0, 0.1) is 11.8 Å². The third-order valence-corrected chi connectivity index (χ3v) is 9.13. The van der Waals surface area contributed by atoms with Crippen molar-refractivity contribution in [3.05, 3.63) is 10.1 Å². The second-order valence-electron chi connectivity index (χ2n) is 5.48. The lowest BCUT2D eigenvalue weighted by Crippen LogP contribution is -2.44. The fraction of sp³-hybridized carbons (Fsp3) is 0.833. The van der Waals surface area contributed by atoms with Gasteiger partial charge in [0.1, 0.15) is 9.75 Å². The minimum Gasteiger partial charge on any atom is -0.109 e. The van der Waals surface area contributed by atoms with Crippen molar-refractivity contribution in [2.75, 3.05) is 0 Å². The smallest absolute Gasteiger partial charge is 0.109 e. The van der Waals surface area contributed by atoms with Crippen molar-refractivity contribution >= 4 is 69.6 Å². The summed E-state index contributed by atoms with van der Waals surface area (Å²) in [5, 5.41) is 0.683. The lowest BCUT2D eigenvalue weighted by Gasteiger charge is -2.35. The summed E-state index contributed by atoms with van der Waals surface area (Å²) in [5.41, 5.74) is 0. The molecule has 0 nitrogen and oxygen atoms in total. The maximum Gasteiger partial charge on any atom is 0.166 e. The molecule has 3 aliphatic carbocycles. The lowest BCUT2D eigenvalue weighted by molar-refractivity contribution is 0.308. The standard InChI is InChI=1S/C12H12Cl6/c13-8-9(14)11(16)7-5-3-1-2-4-6(7)10(8,15)12(11,17)18/h6-7H,1-5H2/t6-,7+,10-,11-/m0/s1. The zero-order valence-corrected chi connectivity index (χ0v) is 14.0. The molecular formula is C12H12Cl6. The van der Waals surface area contributed by atoms with E-state index in [4.69, 9.17) is 69.6 Å². The molecule has 0 N–H and O–H groups in total. The van der Waals surface area contributed by atoms with Crippen LogP contribution in [0.25, 0.3) is 0 Å². The molecule has 102 valence electrons. The summed E-state index contributed by atoms with van der Waals surface area (Å²) in [6.45, 7) is 0. The van der Waals surface area contributed by atoms with E-state index >= 15 is 0 Å². The number of halogens is 6. The number of fused-ring (bicyclic) bond motifs is 5. The fourth-order valence-electron chi connectivity index (χ4n) is 3.91. The van der Waals surface area contributed by atoms with E-state index in [0.29, 0.717) is 10.1 Å². The van der Waals surface area contributed by atoms with E-state index in [1.54, 1.807) is 0 Å². The molecule has 2 bridgehead atoms. The van der Waals surface area contributed by atoms with Crippen LogP contribution < -0.4 is 0 Å². The minimum atomic E-state index is -1.34. The van der Waals surface area contributed by atoms with Crippen molar-refractivity contribution in [3.63, 3.8) is 0 Å². The van der Waals surface area contributed by atoms with Crippen molar-refractivity contribution < 1.29 is 0 Å². The van der Waals surface area contributed by atoms with Crippen LogP contribution in [0.2, 0.25) is 0 Å². The van der Waals surface area contributed by atoms with Gasteiger partial charge in [0.25, 0.3) is 0 Å². The first-order valence-corrected chi connectivity index (χ1v) is 8.38. The predicted octanol–water partition coefficient (Wildman–Crippen LogP) is 6.03. The van der Waals surface area contributed by atoms with Gasteiger partial charge < -0.3 is 0 Å². The van der Waals surface area contributed by atoms with Gasteiger partial charge in [-0.05, 0) is 24.7 Å². The highest BCUT2D eigenvalue weighted by Crippen LogP contribution is 2.77. The SMILES string of the molecule is ClC1=C(Cl)[C@@]2(Cl)[C@H]3CCCCC[C@H]3[C@@]1(Cl)C2(Cl)Cl. The van der Waals surface area contributed by atoms with Crippen LogP contribution in [0.5, 0.6) is 0 Å². The molecule has 6 heteroatoms. The van der Waals surface area contributed by atoms with Crippen LogP contribution in [0.4, 0.5) is 0 Å². The molecule has 4 atom stereocenters. The van der Waals surface area contributed by atoms with Crippen molar-refractivity contribution in [1.82, 2.24) is 0 Å². The Bertz CT molecular complexity index is 394. The van der Waals surface area contributed by atoms with Crippen LogP contribution >= 0.6 is 69.6 Å². The molecule has 0 amide bonds. The molecule has 0 unspecified atom stereocenters. The third kappa shape index (κ3) is 1.34. The molecule has 0 aromatic rings. The number of alkyl halides is 4. The maximum atomic E-state index is 6.75. The van der Waals surface area contributed by atoms with Crippen molar-refractivity contribution in [2.45, 2.75) is 46.2 Å². The van der Waals surface area contributed by atoms with Gasteiger partial charge in [-0.2, -0.15) is 0 Å². The Morgan fingerprint density at radius 2 is 1.11 bits per heavy atom. The van der Waals surface area contributed by atoms with Crippen molar-refractivity contribution in [3.8, 4) is 0 Å². The van der Waals surface area contributed by atoms with Crippen LogP contribution in [0.15, 0.2) is 10.1 Å². The largest absolute Gasteiger partial charge is 0.166 e. The molecule has 0 aromatic heterocycles. The Labute approximate surface area is 137 Å². The number of rotatable bonds is 0. The average molecular weight is 369 g/mol. The summed E-state index contributed by atoms with van der Waals surface area (Å²) in [5.74, 6) is 0.202. The summed E-state index contributed by atoms with van der Waals surface area (Å²) < 4.78 is -1.34. The van der Waals surface area contributed by atoms with E-state index < -0.39 is 14.1 Å². The second-order valence-corrected chi connectivity index (χ2v) is 8.75. The lowest BCUT2D eigenvalue weighted by atomic mass is 9.79. The molecule has 2 saturated carbocycles. The van der Waals surface area contributed by atoms with Gasteiger partial charge in [-0.3, -0.25) is 0 Å². The van der Waals surface area contributed by atoms with Gasteiger partial charge in [0.2, 0.25) is 0 Å². The zero-order chi connectivity index (χ0) is 13.3. The van der Waals surface area contributed by atoms with E-state index in [2.05, 4.69) is 0 Å². The Kier molecular flexibility index (Phi) is 3.40. The molecule has 0 spiro atoms. The van der Waals surface area contributed by atoms with Gasteiger partial charge >= 0.3 is 0 Å². The van der Waals surface area contributed by atoms with Crippen LogP contribution in [0.3, 0.4) is 0 Å². The molecule has 0 saturated heterocycles. The van der Waals surface area contributed by atoms with Gasteiger partial charge in [0.05, 0.1) is 10.1 Å². The molecule has 0 aliphatic heterocycles. The first-order chi connectivity index (χ1) is 8.29. The van der Waals surface area contributed by atoms with Crippen molar-refractivity contribution in [2.24, 2.45) is 11.8 Å². The first kappa shape index (κ1) is 14.4. The normalized spacial score (nSPS) is 50.3. The monoisotopic (exact) mass is 366 g/mol. The third-order valence-electron chi connectivity index (χ3n) is 4.78. The van der Waals surface area contributed by atoms with Gasteiger partial charge in [-0.25, -0.2) is 0 Å². The summed E-state index contributed by atoms with van der Waals surface area (Å²) >= 11 is 39.2. The minimum absolute atomic E-state index is 0.101. The van der Waals surface area contributed by atoms with Crippen molar-refractivity contribution in [1.29, 1.82) is 0 Å². The molecule has 0 aromatic carbocycles. The van der Waals surface area contributed by atoms with Gasteiger partial charge in [0, 0.05) is 0 Å². The summed E-state index contributed by atoms with van der Waals surface area (Å²) in [7, 11) is 0. The zero-order valence-electron chi connectivity index (χ0n) is 9.46. The number of hydrogen-bond donors (Lipinski definition) is 0. The molecule has 0 radical (unpaired) electrons. The van der Waals surface area contributed by atoms with E-state index in [9.17, 15) is 0 Å². The Hall–Kier alpha value is 1.48. The summed E-state index contributed by atoms with van der Waals surface area (Å²) in [6.07, 6.45) is 5.29. The van der Waals surface area contributed by atoms with E-state index in [1.807, 2.05) is 0 Å². The molecule has 3 aliphatic rings. The van der Waals surface area contributed by atoms with Gasteiger partial charge in [-0.15, -0.1) is 23.2 Å². The van der Waals surface area contributed by atoms with Crippen LogP contribution in [-0.2, 0) is 0 Å². The Morgan fingerprint density at radius 1 is 0.722 bits per heavy atom. The molecular weight excluding hydrogens is 357 g/mol. The molecule has 18 heavy (non-hydrogen) atoms. The predicted molar refractivity (Wildman–Crippen MR) is 80.4 cm³/mol. The maximum absolute atomic E-state index is 6.75. The highest BCUT2D eigenvalue weighted by Gasteiger charge is 2.81. The quantitative estimate of drug-likeness (QED) is 0.458. The highest BCUT2D eigenvalue weighted by molar-refractivity contribution is 6.65. The van der Waals surface area contributed by atoms with Gasteiger partial charge in [0.15, 0.2) is 4.33 Å². The van der Waals surface area contributed by atoms with Crippen LogP contribution in [0.1, 0.15) is 32.1 Å². The summed E-state index contributed by atoms with van der Waals surface area (Å²) in [4.78, 5) is -2.07. The van der Waals surface area contributed by atoms with Gasteiger partial charge in [-0.1, -0.05) is 65.7 Å². The topological polar surface area (TPSA) is 0 Å². The van der Waals surface area contributed by atoms with Crippen LogP contribution in [-0.4, -0.2) is 14.1 Å².